The van der Waals surface area contributed by atoms with Crippen LogP contribution in [0.3, 0.4) is 0 Å². The van der Waals surface area contributed by atoms with Gasteiger partial charge in [-0.1, -0.05) is 0 Å². The van der Waals surface area contributed by atoms with E-state index >= 15 is 0 Å². The van der Waals surface area contributed by atoms with Crippen molar-refractivity contribution in [3.8, 4) is 17.4 Å². The highest BCUT2D eigenvalue weighted by molar-refractivity contribution is 5.55. The second kappa shape index (κ2) is 3.93. The summed E-state index contributed by atoms with van der Waals surface area (Å²) in [5, 5.41) is 8.44. The Hall–Kier alpha value is -2.15. The molecule has 1 heterocycles. The molecule has 0 spiro atoms. The van der Waals surface area contributed by atoms with Crippen LogP contribution in [0.15, 0.2) is 34.9 Å². The van der Waals surface area contributed by atoms with Crippen LogP contribution in [0.2, 0.25) is 0 Å². The monoisotopic (exact) mass is 202 g/mol. The predicted molar refractivity (Wildman–Crippen MR) is 51.2 cm³/mol. The number of aromatic nitrogens is 1. The van der Waals surface area contributed by atoms with Crippen molar-refractivity contribution in [2.75, 3.05) is 0 Å². The summed E-state index contributed by atoms with van der Waals surface area (Å²) < 4.78 is 17.9. The number of hydrogen-bond acceptors (Lipinski definition) is 3. The molecule has 0 amide bonds. The zero-order valence-electron chi connectivity index (χ0n) is 7.77. The molecule has 0 aliphatic carbocycles. The molecule has 4 heteroatoms. The summed E-state index contributed by atoms with van der Waals surface area (Å²) in [7, 11) is 0. The summed E-state index contributed by atoms with van der Waals surface area (Å²) >= 11 is 0. The molecule has 1 aromatic carbocycles. The Balaban J connectivity index is 2.30. The highest BCUT2D eigenvalue weighted by atomic mass is 19.1. The van der Waals surface area contributed by atoms with Gasteiger partial charge in [-0.05, 0) is 24.3 Å². The standard InChI is InChI=1S/C11H7FN2O/c12-9-3-1-8(2-4-9)10-7-14-11(15-10)5-6-13/h1-4,7H,5H2. The molecule has 0 fully saturated rings. The quantitative estimate of drug-likeness (QED) is 0.751. The van der Waals surface area contributed by atoms with E-state index in [1.165, 1.54) is 18.3 Å². The van der Waals surface area contributed by atoms with E-state index in [9.17, 15) is 4.39 Å². The summed E-state index contributed by atoms with van der Waals surface area (Å²) in [6.45, 7) is 0. The number of benzene rings is 1. The Labute approximate surface area is 85.8 Å². The van der Waals surface area contributed by atoms with Crippen LogP contribution >= 0.6 is 0 Å². The Morgan fingerprint density at radius 3 is 2.73 bits per heavy atom. The molecule has 0 atom stereocenters. The Morgan fingerprint density at radius 1 is 1.33 bits per heavy atom. The van der Waals surface area contributed by atoms with Gasteiger partial charge in [0.15, 0.2) is 5.76 Å². The molecule has 3 nitrogen and oxygen atoms in total. The van der Waals surface area contributed by atoms with Crippen molar-refractivity contribution in [2.24, 2.45) is 0 Å². The number of halogens is 1. The van der Waals surface area contributed by atoms with Crippen molar-refractivity contribution in [3.63, 3.8) is 0 Å². The second-order valence-corrected chi connectivity index (χ2v) is 2.96. The minimum Gasteiger partial charge on any atom is -0.440 e. The predicted octanol–water partition coefficient (Wildman–Crippen LogP) is 2.55. The van der Waals surface area contributed by atoms with E-state index in [2.05, 4.69) is 4.98 Å². The van der Waals surface area contributed by atoms with Crippen LogP contribution in [0, 0.1) is 17.1 Å². The summed E-state index contributed by atoms with van der Waals surface area (Å²) in [5.41, 5.74) is 0.744. The average Bonchev–Trinajstić information content (AvgIpc) is 2.68. The molecule has 0 aliphatic rings. The summed E-state index contributed by atoms with van der Waals surface area (Å²) in [5.74, 6) is 0.618. The summed E-state index contributed by atoms with van der Waals surface area (Å²) in [6.07, 6.45) is 1.67. The van der Waals surface area contributed by atoms with Gasteiger partial charge in [0.05, 0.1) is 12.3 Å². The van der Waals surface area contributed by atoms with Gasteiger partial charge in [0.1, 0.15) is 12.2 Å². The van der Waals surface area contributed by atoms with Crippen LogP contribution in [-0.2, 0) is 6.42 Å². The number of rotatable bonds is 2. The fourth-order valence-corrected chi connectivity index (χ4v) is 1.21. The molecule has 0 unspecified atom stereocenters. The third-order valence-electron chi connectivity index (χ3n) is 1.91. The number of nitriles is 1. The lowest BCUT2D eigenvalue weighted by Gasteiger charge is -1.94. The normalized spacial score (nSPS) is 9.87. The van der Waals surface area contributed by atoms with E-state index in [0.29, 0.717) is 11.7 Å². The Bertz CT molecular complexity index is 496. The van der Waals surface area contributed by atoms with Crippen LogP contribution < -0.4 is 0 Å². The van der Waals surface area contributed by atoms with Crippen LogP contribution in [0.4, 0.5) is 4.39 Å². The van der Waals surface area contributed by atoms with Crippen LogP contribution in [0.1, 0.15) is 5.89 Å². The number of hydrogen-bond donors (Lipinski definition) is 0. The first-order valence-corrected chi connectivity index (χ1v) is 4.37. The molecule has 74 valence electrons. The molecule has 0 saturated heterocycles. The smallest absolute Gasteiger partial charge is 0.209 e. The van der Waals surface area contributed by atoms with Gasteiger partial charge in [-0.3, -0.25) is 0 Å². The van der Waals surface area contributed by atoms with E-state index < -0.39 is 0 Å². The Morgan fingerprint density at radius 2 is 2.07 bits per heavy atom. The molecule has 2 aromatic rings. The van der Waals surface area contributed by atoms with Crippen LogP contribution in [-0.4, -0.2) is 4.98 Å². The van der Waals surface area contributed by atoms with E-state index in [-0.39, 0.29) is 12.2 Å². The van der Waals surface area contributed by atoms with Gasteiger partial charge in [0, 0.05) is 5.56 Å². The largest absolute Gasteiger partial charge is 0.440 e. The third-order valence-corrected chi connectivity index (χ3v) is 1.91. The SMILES string of the molecule is N#CCc1ncc(-c2ccc(F)cc2)o1. The van der Waals surface area contributed by atoms with Crippen LogP contribution in [0.5, 0.6) is 0 Å². The molecule has 0 N–H and O–H groups in total. The molecule has 0 aliphatic heterocycles. The van der Waals surface area contributed by atoms with E-state index in [1.807, 2.05) is 6.07 Å². The molecular weight excluding hydrogens is 195 g/mol. The van der Waals surface area contributed by atoms with Gasteiger partial charge in [0.25, 0.3) is 0 Å². The lowest BCUT2D eigenvalue weighted by molar-refractivity contribution is 0.523. The van der Waals surface area contributed by atoms with E-state index in [1.54, 1.807) is 12.1 Å². The first kappa shape index (κ1) is 9.41. The zero-order chi connectivity index (χ0) is 10.7. The van der Waals surface area contributed by atoms with Crippen molar-refractivity contribution < 1.29 is 8.81 Å². The molecule has 15 heavy (non-hydrogen) atoms. The molecule has 0 saturated carbocycles. The van der Waals surface area contributed by atoms with Gasteiger partial charge in [-0.2, -0.15) is 5.26 Å². The minimum atomic E-state index is -0.296. The maximum atomic E-state index is 12.6. The van der Waals surface area contributed by atoms with Crippen molar-refractivity contribution in [2.45, 2.75) is 6.42 Å². The highest BCUT2D eigenvalue weighted by Gasteiger charge is 2.05. The first-order chi connectivity index (χ1) is 7.29. The van der Waals surface area contributed by atoms with Crippen LogP contribution in [0.25, 0.3) is 11.3 Å². The lowest BCUT2D eigenvalue weighted by Crippen LogP contribution is -1.77. The van der Waals surface area contributed by atoms with Gasteiger partial charge in [0.2, 0.25) is 5.89 Å². The second-order valence-electron chi connectivity index (χ2n) is 2.96. The Kier molecular flexibility index (Phi) is 2.46. The van der Waals surface area contributed by atoms with E-state index in [4.69, 9.17) is 9.68 Å². The third kappa shape index (κ3) is 2.02. The van der Waals surface area contributed by atoms with Gasteiger partial charge in [-0.25, -0.2) is 9.37 Å². The average molecular weight is 202 g/mol. The van der Waals surface area contributed by atoms with E-state index in [0.717, 1.165) is 5.56 Å². The summed E-state index contributed by atoms with van der Waals surface area (Å²) in [4.78, 5) is 3.92. The van der Waals surface area contributed by atoms with Crippen molar-refractivity contribution in [1.29, 1.82) is 5.26 Å². The topological polar surface area (TPSA) is 49.8 Å². The lowest BCUT2D eigenvalue weighted by atomic mass is 10.2. The minimum absolute atomic E-state index is 0.140. The summed E-state index contributed by atoms with van der Waals surface area (Å²) in [6, 6.07) is 7.85. The molecule has 1 aromatic heterocycles. The van der Waals surface area contributed by atoms with Gasteiger partial charge < -0.3 is 4.42 Å². The molecule has 0 radical (unpaired) electrons. The maximum Gasteiger partial charge on any atom is 0.209 e. The fourth-order valence-electron chi connectivity index (χ4n) is 1.21. The molecule has 0 bridgehead atoms. The molecule has 2 rings (SSSR count). The van der Waals surface area contributed by atoms with Crippen molar-refractivity contribution in [1.82, 2.24) is 4.98 Å². The first-order valence-electron chi connectivity index (χ1n) is 4.37. The van der Waals surface area contributed by atoms with Crippen molar-refractivity contribution in [3.05, 3.63) is 42.2 Å². The molecular formula is C11H7FN2O. The zero-order valence-corrected chi connectivity index (χ0v) is 7.77. The van der Waals surface area contributed by atoms with Crippen molar-refractivity contribution >= 4 is 0 Å². The maximum absolute atomic E-state index is 12.6. The van der Waals surface area contributed by atoms with Gasteiger partial charge >= 0.3 is 0 Å². The van der Waals surface area contributed by atoms with Gasteiger partial charge in [-0.15, -0.1) is 0 Å². The number of oxazole rings is 1. The highest BCUT2D eigenvalue weighted by Crippen LogP contribution is 2.20. The number of nitrogens with zero attached hydrogens (tertiary/aromatic N) is 2. The fraction of sp³-hybridized carbons (Fsp3) is 0.0909.